The first-order valence-electron chi connectivity index (χ1n) is 5.84. The number of methoxy groups -OCH3 is 1. The van der Waals surface area contributed by atoms with Crippen molar-refractivity contribution in [2.24, 2.45) is 11.7 Å². The normalized spacial score (nSPS) is 19.1. The summed E-state index contributed by atoms with van der Waals surface area (Å²) >= 11 is 3.24. The molecule has 0 amide bonds. The van der Waals surface area contributed by atoms with Gasteiger partial charge in [-0.05, 0) is 42.9 Å². The van der Waals surface area contributed by atoms with Crippen LogP contribution in [0.25, 0.3) is 0 Å². The van der Waals surface area contributed by atoms with Gasteiger partial charge in [-0.3, -0.25) is 0 Å². The van der Waals surface area contributed by atoms with E-state index in [1.807, 2.05) is 6.07 Å². The second-order valence-corrected chi connectivity index (χ2v) is 5.56. The lowest BCUT2D eigenvalue weighted by atomic mass is 9.99. The number of nitrogens with two attached hydrogens (primary N) is 1. The van der Waals surface area contributed by atoms with Crippen molar-refractivity contribution in [3.05, 3.63) is 34.1 Å². The Morgan fingerprint density at radius 3 is 2.76 bits per heavy atom. The summed E-state index contributed by atoms with van der Waals surface area (Å²) in [6, 6.07) is 4.95. The van der Waals surface area contributed by atoms with Gasteiger partial charge in [0.05, 0.1) is 6.10 Å². The predicted molar refractivity (Wildman–Crippen MR) is 69.3 cm³/mol. The average molecular weight is 302 g/mol. The van der Waals surface area contributed by atoms with Crippen LogP contribution in [0.5, 0.6) is 0 Å². The van der Waals surface area contributed by atoms with E-state index in [0.717, 1.165) is 4.47 Å². The summed E-state index contributed by atoms with van der Waals surface area (Å²) in [7, 11) is 1.68. The SMILES string of the molecule is COC(C(N)Cc1ccc(Br)cc1F)C1CC1. The van der Waals surface area contributed by atoms with Gasteiger partial charge in [0.2, 0.25) is 0 Å². The minimum absolute atomic E-state index is 0.0537. The summed E-state index contributed by atoms with van der Waals surface area (Å²) < 4.78 is 19.8. The minimum Gasteiger partial charge on any atom is -0.380 e. The first-order valence-corrected chi connectivity index (χ1v) is 6.63. The van der Waals surface area contributed by atoms with Gasteiger partial charge in [-0.15, -0.1) is 0 Å². The summed E-state index contributed by atoms with van der Waals surface area (Å²) in [5, 5.41) is 0. The molecule has 0 aromatic heterocycles. The van der Waals surface area contributed by atoms with Crippen LogP contribution in [0, 0.1) is 11.7 Å². The number of hydrogen-bond acceptors (Lipinski definition) is 2. The Bertz CT molecular complexity index is 395. The molecular formula is C13H17BrFNO. The maximum absolute atomic E-state index is 13.7. The predicted octanol–water partition coefficient (Wildman–Crippen LogP) is 2.88. The average Bonchev–Trinajstić information content (AvgIpc) is 3.08. The lowest BCUT2D eigenvalue weighted by Crippen LogP contribution is -2.39. The van der Waals surface area contributed by atoms with Crippen LogP contribution in [0.2, 0.25) is 0 Å². The van der Waals surface area contributed by atoms with Crippen molar-refractivity contribution in [3.63, 3.8) is 0 Å². The van der Waals surface area contributed by atoms with Gasteiger partial charge in [0.15, 0.2) is 0 Å². The molecule has 1 aromatic carbocycles. The van der Waals surface area contributed by atoms with E-state index in [4.69, 9.17) is 10.5 Å². The molecule has 2 nitrogen and oxygen atoms in total. The van der Waals surface area contributed by atoms with Gasteiger partial charge in [-0.25, -0.2) is 4.39 Å². The summed E-state index contributed by atoms with van der Waals surface area (Å²) in [5.41, 5.74) is 6.76. The van der Waals surface area contributed by atoms with Gasteiger partial charge >= 0.3 is 0 Å². The van der Waals surface area contributed by atoms with Crippen molar-refractivity contribution >= 4 is 15.9 Å². The zero-order chi connectivity index (χ0) is 12.4. The third-order valence-electron chi connectivity index (χ3n) is 3.25. The van der Waals surface area contributed by atoms with Gasteiger partial charge in [0.25, 0.3) is 0 Å². The fourth-order valence-electron chi connectivity index (χ4n) is 2.20. The van der Waals surface area contributed by atoms with Crippen molar-refractivity contribution in [3.8, 4) is 0 Å². The second kappa shape index (κ2) is 5.46. The summed E-state index contributed by atoms with van der Waals surface area (Å²) in [4.78, 5) is 0. The molecule has 2 atom stereocenters. The minimum atomic E-state index is -0.208. The molecule has 94 valence electrons. The first-order chi connectivity index (χ1) is 8.11. The number of benzene rings is 1. The molecule has 1 fully saturated rings. The van der Waals surface area contributed by atoms with Gasteiger partial charge in [0, 0.05) is 17.6 Å². The van der Waals surface area contributed by atoms with Crippen LogP contribution in [-0.2, 0) is 11.2 Å². The Morgan fingerprint density at radius 2 is 2.24 bits per heavy atom. The van der Waals surface area contributed by atoms with Gasteiger partial charge in [-0.2, -0.15) is 0 Å². The molecule has 1 saturated carbocycles. The summed E-state index contributed by atoms with van der Waals surface area (Å²) in [6.07, 6.45) is 2.93. The summed E-state index contributed by atoms with van der Waals surface area (Å²) in [5.74, 6) is 0.356. The molecule has 0 spiro atoms. The Hall–Kier alpha value is -0.450. The van der Waals surface area contributed by atoms with Crippen LogP contribution in [0.15, 0.2) is 22.7 Å². The number of ether oxygens (including phenoxy) is 1. The van der Waals surface area contributed by atoms with E-state index in [9.17, 15) is 4.39 Å². The number of rotatable bonds is 5. The number of hydrogen-bond donors (Lipinski definition) is 1. The largest absolute Gasteiger partial charge is 0.380 e. The third-order valence-corrected chi connectivity index (χ3v) is 3.74. The third kappa shape index (κ3) is 3.27. The van der Waals surface area contributed by atoms with Gasteiger partial charge in [-0.1, -0.05) is 22.0 Å². The molecule has 2 rings (SSSR count). The molecule has 2 N–H and O–H groups in total. The van der Waals surface area contributed by atoms with Crippen LogP contribution in [-0.4, -0.2) is 19.3 Å². The Morgan fingerprint density at radius 1 is 1.53 bits per heavy atom. The quantitative estimate of drug-likeness (QED) is 0.907. The highest BCUT2D eigenvalue weighted by molar-refractivity contribution is 9.10. The molecule has 0 radical (unpaired) electrons. The maximum Gasteiger partial charge on any atom is 0.127 e. The monoisotopic (exact) mass is 301 g/mol. The molecule has 17 heavy (non-hydrogen) atoms. The Balaban J connectivity index is 2.03. The number of halogens is 2. The molecule has 0 heterocycles. The Kier molecular flexibility index (Phi) is 4.17. The van der Waals surface area contributed by atoms with Crippen LogP contribution in [0.3, 0.4) is 0 Å². The molecule has 4 heteroatoms. The van der Waals surface area contributed by atoms with Crippen molar-refractivity contribution in [2.45, 2.75) is 31.4 Å². The molecule has 0 aliphatic heterocycles. The topological polar surface area (TPSA) is 35.2 Å². The van der Waals surface area contributed by atoms with Crippen LogP contribution < -0.4 is 5.73 Å². The standard InChI is InChI=1S/C13H17BrFNO/c1-17-13(8-2-3-8)12(16)6-9-4-5-10(14)7-11(9)15/h4-5,7-8,12-13H,2-3,6,16H2,1H3. The van der Waals surface area contributed by atoms with E-state index in [2.05, 4.69) is 15.9 Å². The van der Waals surface area contributed by atoms with Crippen LogP contribution >= 0.6 is 15.9 Å². The van der Waals surface area contributed by atoms with E-state index in [-0.39, 0.29) is 18.0 Å². The van der Waals surface area contributed by atoms with Gasteiger partial charge < -0.3 is 10.5 Å². The van der Waals surface area contributed by atoms with E-state index in [1.54, 1.807) is 13.2 Å². The van der Waals surface area contributed by atoms with E-state index >= 15 is 0 Å². The fraction of sp³-hybridized carbons (Fsp3) is 0.538. The molecule has 1 aromatic rings. The van der Waals surface area contributed by atoms with E-state index < -0.39 is 0 Å². The zero-order valence-electron chi connectivity index (χ0n) is 9.83. The van der Waals surface area contributed by atoms with Crippen molar-refractivity contribution < 1.29 is 9.13 Å². The molecule has 1 aliphatic rings. The zero-order valence-corrected chi connectivity index (χ0v) is 11.4. The van der Waals surface area contributed by atoms with Crippen molar-refractivity contribution in [1.29, 1.82) is 0 Å². The van der Waals surface area contributed by atoms with Crippen molar-refractivity contribution in [1.82, 2.24) is 0 Å². The lowest BCUT2D eigenvalue weighted by Gasteiger charge is -2.22. The van der Waals surface area contributed by atoms with Crippen LogP contribution in [0.4, 0.5) is 4.39 Å². The second-order valence-electron chi connectivity index (χ2n) is 4.64. The fourth-order valence-corrected chi connectivity index (χ4v) is 2.53. The van der Waals surface area contributed by atoms with Crippen molar-refractivity contribution in [2.75, 3.05) is 7.11 Å². The lowest BCUT2D eigenvalue weighted by molar-refractivity contribution is 0.0624. The molecule has 1 aliphatic carbocycles. The van der Waals surface area contributed by atoms with Crippen LogP contribution in [0.1, 0.15) is 18.4 Å². The highest BCUT2D eigenvalue weighted by atomic mass is 79.9. The van der Waals surface area contributed by atoms with E-state index in [1.165, 1.54) is 18.9 Å². The highest BCUT2D eigenvalue weighted by Crippen LogP contribution is 2.35. The Labute approximate surface area is 109 Å². The molecule has 2 unspecified atom stereocenters. The molecular weight excluding hydrogens is 285 g/mol. The first kappa shape index (κ1) is 13.0. The molecule has 0 bridgehead atoms. The smallest absolute Gasteiger partial charge is 0.127 e. The van der Waals surface area contributed by atoms with E-state index in [0.29, 0.717) is 17.9 Å². The summed E-state index contributed by atoms with van der Waals surface area (Å²) in [6.45, 7) is 0. The maximum atomic E-state index is 13.7. The highest BCUT2D eigenvalue weighted by Gasteiger charge is 2.35. The van der Waals surface area contributed by atoms with Gasteiger partial charge in [0.1, 0.15) is 5.82 Å². The molecule has 0 saturated heterocycles.